The van der Waals surface area contributed by atoms with E-state index in [1.807, 2.05) is 23.6 Å². The molecule has 1 atom stereocenters. The Morgan fingerprint density at radius 2 is 2.09 bits per heavy atom. The van der Waals surface area contributed by atoms with Gasteiger partial charge < -0.3 is 14.2 Å². The minimum atomic E-state index is 0.195. The molecule has 2 aromatic heterocycles. The van der Waals surface area contributed by atoms with Crippen LogP contribution < -0.4 is 4.90 Å². The number of rotatable bonds is 4. The first-order valence-corrected chi connectivity index (χ1v) is 12.1. The van der Waals surface area contributed by atoms with Gasteiger partial charge in [0.1, 0.15) is 24.8 Å². The molecule has 0 aromatic carbocycles. The minimum absolute atomic E-state index is 0.195. The number of amides is 1. The summed E-state index contributed by atoms with van der Waals surface area (Å²) in [7, 11) is 0. The first-order valence-electron chi connectivity index (χ1n) is 11.0. The van der Waals surface area contributed by atoms with E-state index < -0.39 is 0 Å². The van der Waals surface area contributed by atoms with Gasteiger partial charge in [-0.1, -0.05) is 0 Å². The molecule has 0 N–H and O–H groups in total. The van der Waals surface area contributed by atoms with Crippen molar-refractivity contribution in [2.45, 2.75) is 6.92 Å². The Morgan fingerprint density at radius 3 is 2.84 bits per heavy atom. The van der Waals surface area contributed by atoms with E-state index in [-0.39, 0.29) is 5.91 Å². The third-order valence-electron chi connectivity index (χ3n) is 6.59. The molecular formula is C22H26N7O2S+. The molecule has 0 spiro atoms. The van der Waals surface area contributed by atoms with Crippen LogP contribution in [0.25, 0.3) is 6.01 Å². The Balaban J connectivity index is 1.18. The van der Waals surface area contributed by atoms with Crippen LogP contribution in [0.1, 0.15) is 5.69 Å². The molecule has 6 rings (SSSR count). The zero-order valence-electron chi connectivity index (χ0n) is 18.1. The second-order valence-electron chi connectivity index (χ2n) is 8.50. The van der Waals surface area contributed by atoms with Gasteiger partial charge in [-0.15, -0.1) is 16.8 Å². The number of carbonyl (C=O) groups excluding carboxylic acids is 1. The number of quaternary nitrogens is 1. The molecule has 0 bridgehead atoms. The molecule has 2 fully saturated rings. The Kier molecular flexibility index (Phi) is 4.74. The van der Waals surface area contributed by atoms with Crippen molar-refractivity contribution in [2.75, 3.05) is 55.8 Å². The maximum absolute atomic E-state index is 13.0. The van der Waals surface area contributed by atoms with Crippen molar-refractivity contribution in [1.29, 1.82) is 0 Å². The van der Waals surface area contributed by atoms with Gasteiger partial charge in [0.15, 0.2) is 5.70 Å². The number of anilines is 1. The largest absolute Gasteiger partial charge is 0.431 e. The van der Waals surface area contributed by atoms with E-state index in [1.54, 1.807) is 17.1 Å². The van der Waals surface area contributed by atoms with Gasteiger partial charge in [0.05, 0.1) is 36.4 Å². The van der Waals surface area contributed by atoms with Crippen molar-refractivity contribution in [3.05, 3.63) is 59.9 Å². The van der Waals surface area contributed by atoms with Crippen LogP contribution in [0.3, 0.4) is 0 Å². The molecule has 0 unspecified atom stereocenters. The normalized spacial score (nSPS) is 25.4. The molecule has 0 aliphatic carbocycles. The summed E-state index contributed by atoms with van der Waals surface area (Å²) in [6.07, 6.45) is 11.8. The van der Waals surface area contributed by atoms with Gasteiger partial charge >= 0.3 is 6.01 Å². The van der Waals surface area contributed by atoms with Crippen molar-refractivity contribution in [3.8, 4) is 6.01 Å². The van der Waals surface area contributed by atoms with Crippen LogP contribution >= 0.6 is 11.8 Å². The lowest BCUT2D eigenvalue weighted by atomic mass is 10.2. The van der Waals surface area contributed by atoms with E-state index >= 15 is 0 Å². The molecule has 9 nitrogen and oxygen atoms in total. The highest BCUT2D eigenvalue weighted by Crippen LogP contribution is 2.38. The lowest BCUT2D eigenvalue weighted by Gasteiger charge is -2.44. The number of piperazine rings is 1. The maximum atomic E-state index is 13.0. The van der Waals surface area contributed by atoms with Crippen LogP contribution in [0.15, 0.2) is 58.6 Å². The van der Waals surface area contributed by atoms with E-state index in [4.69, 9.17) is 4.42 Å². The van der Waals surface area contributed by atoms with Crippen molar-refractivity contribution in [3.63, 3.8) is 0 Å². The lowest BCUT2D eigenvalue weighted by Crippen LogP contribution is -2.60. The summed E-state index contributed by atoms with van der Waals surface area (Å²) in [6, 6.07) is 2.56. The van der Waals surface area contributed by atoms with Crippen molar-refractivity contribution in [1.82, 2.24) is 24.7 Å². The molecule has 4 aliphatic rings. The standard InChI is InChI=1S/C22H26N7O2S/c1-17-13-20(28(24-17)22-23-4-11-31-22)25-5-7-27(8-6-25)29-10-2-3-19(29)14-18(15-29)21(30)26-9-12-32-16-26/h2-4,10-11,13-14H,5-9,12,15-16H2,1H3/q+1/t29-/m1/s1. The highest BCUT2D eigenvalue weighted by atomic mass is 32.2. The second-order valence-corrected chi connectivity index (χ2v) is 9.58. The molecule has 32 heavy (non-hydrogen) atoms. The highest BCUT2D eigenvalue weighted by molar-refractivity contribution is 7.99. The van der Waals surface area contributed by atoms with Crippen LogP contribution in [-0.2, 0) is 4.79 Å². The number of allylic oxidation sites excluding steroid dienone is 3. The van der Waals surface area contributed by atoms with Crippen LogP contribution in [0, 0.1) is 6.92 Å². The van der Waals surface area contributed by atoms with Gasteiger partial charge in [-0.2, -0.15) is 14.4 Å². The molecule has 1 amide bonds. The van der Waals surface area contributed by atoms with Gasteiger partial charge in [-0.3, -0.25) is 4.79 Å². The SMILES string of the molecule is Cc1cc(N2CCN([N@@+]34C=CC=C3C=C(C(=O)N3CCSC3)C4)CC2)n(-c2ncco2)n1. The summed E-state index contributed by atoms with van der Waals surface area (Å²) in [6.45, 7) is 7.02. The molecule has 166 valence electrons. The van der Waals surface area contributed by atoms with Crippen LogP contribution in [-0.4, -0.2) is 86.1 Å². The smallest absolute Gasteiger partial charge is 0.324 e. The number of hydrogen-bond donors (Lipinski definition) is 0. The second kappa shape index (κ2) is 7.65. The fourth-order valence-corrected chi connectivity index (χ4v) is 5.95. The number of thioether (sulfide) groups is 1. The number of aryl methyl sites for hydroxylation is 1. The summed E-state index contributed by atoms with van der Waals surface area (Å²) < 4.78 is 7.90. The number of carbonyl (C=O) groups is 1. The number of hydrogen-bond acceptors (Lipinski definition) is 7. The quantitative estimate of drug-likeness (QED) is 0.657. The fourth-order valence-electron chi connectivity index (χ4n) is 5.01. The van der Waals surface area contributed by atoms with E-state index in [0.29, 0.717) is 17.2 Å². The number of nitrogens with zero attached hydrogens (tertiary/aromatic N) is 7. The van der Waals surface area contributed by atoms with E-state index in [9.17, 15) is 4.79 Å². The summed E-state index contributed by atoms with van der Waals surface area (Å²) in [5.41, 5.74) is 3.04. The molecule has 0 radical (unpaired) electrons. The number of fused-ring (bicyclic) bond motifs is 1. The minimum Gasteiger partial charge on any atom is -0.431 e. The van der Waals surface area contributed by atoms with Gasteiger partial charge in [0.25, 0.3) is 5.91 Å². The zero-order valence-corrected chi connectivity index (χ0v) is 18.9. The predicted octanol–water partition coefficient (Wildman–Crippen LogP) is 1.91. The zero-order chi connectivity index (χ0) is 21.7. The number of oxazole rings is 1. The Bertz CT molecular complexity index is 1120. The predicted molar refractivity (Wildman–Crippen MR) is 122 cm³/mol. The molecule has 2 saturated heterocycles. The van der Waals surface area contributed by atoms with E-state index in [2.05, 4.69) is 50.5 Å². The van der Waals surface area contributed by atoms with Gasteiger partial charge in [0.2, 0.25) is 0 Å². The molecular weight excluding hydrogens is 426 g/mol. The monoisotopic (exact) mass is 452 g/mol. The van der Waals surface area contributed by atoms with E-state index in [1.165, 1.54) is 5.70 Å². The topological polar surface area (TPSA) is 70.6 Å². The summed E-state index contributed by atoms with van der Waals surface area (Å²) in [4.78, 5) is 21.6. The molecule has 4 aliphatic heterocycles. The van der Waals surface area contributed by atoms with Gasteiger partial charge in [-0.05, 0) is 13.0 Å². The maximum Gasteiger partial charge on any atom is 0.324 e. The fraction of sp³-hybridized carbons (Fsp3) is 0.409. The molecule has 6 heterocycles. The Morgan fingerprint density at radius 1 is 1.22 bits per heavy atom. The van der Waals surface area contributed by atoms with Crippen molar-refractivity contribution in [2.24, 2.45) is 0 Å². The molecule has 10 heteroatoms. The summed E-state index contributed by atoms with van der Waals surface area (Å²) in [5.74, 6) is 3.04. The van der Waals surface area contributed by atoms with E-state index in [0.717, 1.165) is 61.4 Å². The first-order chi connectivity index (χ1) is 15.6. The summed E-state index contributed by atoms with van der Waals surface area (Å²) in [5, 5.41) is 7.04. The first kappa shape index (κ1) is 19.8. The average Bonchev–Trinajstić information content (AvgIpc) is 3.61. The lowest BCUT2D eigenvalue weighted by molar-refractivity contribution is -0.948. The van der Waals surface area contributed by atoms with Gasteiger partial charge in [-0.25, -0.2) is 4.98 Å². The third kappa shape index (κ3) is 3.13. The van der Waals surface area contributed by atoms with Crippen LogP contribution in [0.4, 0.5) is 5.82 Å². The molecule has 2 aromatic rings. The average molecular weight is 453 g/mol. The van der Waals surface area contributed by atoms with Gasteiger partial charge in [0, 0.05) is 43.6 Å². The van der Waals surface area contributed by atoms with Crippen LogP contribution in [0.5, 0.6) is 0 Å². The third-order valence-corrected chi connectivity index (χ3v) is 7.56. The van der Waals surface area contributed by atoms with Crippen molar-refractivity contribution >= 4 is 23.5 Å². The Hall–Kier alpha value is -2.82. The summed E-state index contributed by atoms with van der Waals surface area (Å²) >= 11 is 1.83. The highest BCUT2D eigenvalue weighted by Gasteiger charge is 2.48. The number of aromatic nitrogens is 3. The van der Waals surface area contributed by atoms with Crippen molar-refractivity contribution < 1.29 is 13.8 Å². The Labute approximate surface area is 190 Å². The molecule has 0 saturated carbocycles. The van der Waals surface area contributed by atoms with Crippen LogP contribution in [0.2, 0.25) is 0 Å².